The lowest BCUT2D eigenvalue weighted by Gasteiger charge is -2.38. The van der Waals surface area contributed by atoms with E-state index in [1.54, 1.807) is 0 Å². The highest BCUT2D eigenvalue weighted by Crippen LogP contribution is 2.17. The molecule has 2 aromatic carbocycles. The molecule has 0 bridgehead atoms. The highest BCUT2D eigenvalue weighted by Gasteiger charge is 2.29. The zero-order valence-corrected chi connectivity index (χ0v) is 14.6. The van der Waals surface area contributed by atoms with Crippen LogP contribution in [0.1, 0.15) is 18.9 Å². The normalized spacial score (nSPS) is 20.3. The lowest BCUT2D eigenvalue weighted by Crippen LogP contribution is -2.51. The number of hydrogen-bond acceptors (Lipinski definition) is 3. The van der Waals surface area contributed by atoms with E-state index in [1.807, 2.05) is 60.4 Å². The third-order valence-electron chi connectivity index (χ3n) is 4.46. The van der Waals surface area contributed by atoms with E-state index in [1.165, 1.54) is 5.56 Å². The van der Waals surface area contributed by atoms with E-state index in [0.717, 1.165) is 12.2 Å². The molecular weight excluding hydrogens is 314 g/mol. The van der Waals surface area contributed by atoms with Crippen molar-refractivity contribution in [3.05, 3.63) is 66.2 Å². The van der Waals surface area contributed by atoms with Crippen LogP contribution >= 0.6 is 0 Å². The van der Waals surface area contributed by atoms with Gasteiger partial charge in [0.25, 0.3) is 0 Å². The van der Waals surface area contributed by atoms with E-state index in [2.05, 4.69) is 12.1 Å². The highest BCUT2D eigenvalue weighted by atomic mass is 16.5. The van der Waals surface area contributed by atoms with Crippen molar-refractivity contribution in [2.24, 2.45) is 0 Å². The summed E-state index contributed by atoms with van der Waals surface area (Å²) in [5.41, 5.74) is 1.24. The lowest BCUT2D eigenvalue weighted by molar-refractivity contribution is -0.144. The molecule has 0 radical (unpaired) electrons. The highest BCUT2D eigenvalue weighted by molar-refractivity contribution is 5.76. The number of para-hydroxylation sites is 1. The molecule has 1 heterocycles. The van der Waals surface area contributed by atoms with Crippen molar-refractivity contribution in [1.82, 2.24) is 4.90 Å². The Labute approximate surface area is 149 Å². The number of hydrogen-bond donors (Lipinski definition) is 0. The van der Waals surface area contributed by atoms with Crippen molar-refractivity contribution in [2.75, 3.05) is 19.8 Å². The van der Waals surface area contributed by atoms with Crippen molar-refractivity contribution in [3.63, 3.8) is 0 Å². The molecule has 1 aliphatic heterocycles. The Morgan fingerprint density at radius 2 is 1.80 bits per heavy atom. The van der Waals surface area contributed by atoms with Gasteiger partial charge in [-0.3, -0.25) is 4.79 Å². The van der Waals surface area contributed by atoms with Crippen molar-refractivity contribution >= 4 is 5.91 Å². The average molecular weight is 339 g/mol. The third kappa shape index (κ3) is 5.07. The Morgan fingerprint density at radius 1 is 1.12 bits per heavy atom. The van der Waals surface area contributed by atoms with Gasteiger partial charge in [-0.05, 0) is 24.6 Å². The van der Waals surface area contributed by atoms with Gasteiger partial charge >= 0.3 is 0 Å². The molecule has 0 spiro atoms. The molecule has 4 nitrogen and oxygen atoms in total. The molecule has 3 rings (SSSR count). The number of morpholine rings is 1. The largest absolute Gasteiger partial charge is 0.493 e. The molecule has 0 aromatic heterocycles. The van der Waals surface area contributed by atoms with Gasteiger partial charge < -0.3 is 14.4 Å². The van der Waals surface area contributed by atoms with Crippen LogP contribution in [0.25, 0.3) is 0 Å². The number of carbonyl (C=O) groups excluding carboxylic acids is 1. The van der Waals surface area contributed by atoms with Crippen molar-refractivity contribution in [2.45, 2.75) is 31.9 Å². The summed E-state index contributed by atoms with van der Waals surface area (Å²) >= 11 is 0. The summed E-state index contributed by atoms with van der Waals surface area (Å²) in [5.74, 6) is 0.928. The minimum atomic E-state index is 0.0533. The predicted octanol–water partition coefficient (Wildman–Crippen LogP) is 3.31. The van der Waals surface area contributed by atoms with Crippen LogP contribution in [0.4, 0.5) is 0 Å². The van der Waals surface area contributed by atoms with Gasteiger partial charge in [-0.25, -0.2) is 0 Å². The van der Waals surface area contributed by atoms with Gasteiger partial charge in [0.15, 0.2) is 0 Å². The van der Waals surface area contributed by atoms with E-state index < -0.39 is 0 Å². The molecule has 0 saturated carbocycles. The van der Waals surface area contributed by atoms with E-state index in [9.17, 15) is 4.79 Å². The monoisotopic (exact) mass is 339 g/mol. The Balaban J connectivity index is 1.50. The smallest absolute Gasteiger partial charge is 0.226 e. The molecule has 4 heteroatoms. The standard InChI is InChI=1S/C21H25NO3/c1-17-16-25-20(14-18-8-4-2-5-9-18)15-22(17)21(23)12-13-24-19-10-6-3-7-11-19/h2-11,17,20H,12-16H2,1H3. The first kappa shape index (κ1) is 17.5. The molecule has 1 amide bonds. The van der Waals surface area contributed by atoms with Crippen LogP contribution in [0.3, 0.4) is 0 Å². The van der Waals surface area contributed by atoms with Crippen LogP contribution in [0.15, 0.2) is 60.7 Å². The van der Waals surface area contributed by atoms with Crippen molar-refractivity contribution in [3.8, 4) is 5.75 Å². The quantitative estimate of drug-likeness (QED) is 0.810. The Bertz CT molecular complexity index is 659. The maximum Gasteiger partial charge on any atom is 0.226 e. The SMILES string of the molecule is CC1COC(Cc2ccccc2)CN1C(=O)CCOc1ccccc1. The van der Waals surface area contributed by atoms with Gasteiger partial charge in [-0.2, -0.15) is 0 Å². The number of rotatable bonds is 6. The summed E-state index contributed by atoms with van der Waals surface area (Å²) in [4.78, 5) is 14.5. The van der Waals surface area contributed by atoms with Crippen molar-refractivity contribution in [1.29, 1.82) is 0 Å². The van der Waals surface area contributed by atoms with Crippen LogP contribution in [0, 0.1) is 0 Å². The van der Waals surface area contributed by atoms with Crippen LogP contribution < -0.4 is 4.74 Å². The first-order valence-corrected chi connectivity index (χ1v) is 8.85. The molecular formula is C21H25NO3. The molecule has 1 fully saturated rings. The summed E-state index contributed by atoms with van der Waals surface area (Å²) in [6.45, 7) is 3.66. The molecule has 2 atom stereocenters. The molecule has 1 aliphatic rings. The molecule has 1 saturated heterocycles. The zero-order chi connectivity index (χ0) is 17.5. The Hall–Kier alpha value is -2.33. The van der Waals surface area contributed by atoms with Gasteiger partial charge in [0.2, 0.25) is 5.91 Å². The summed E-state index contributed by atoms with van der Waals surface area (Å²) < 4.78 is 11.6. The van der Waals surface area contributed by atoms with Gasteiger partial charge in [0.1, 0.15) is 5.75 Å². The summed E-state index contributed by atoms with van der Waals surface area (Å²) in [7, 11) is 0. The number of ether oxygens (including phenoxy) is 2. The van der Waals surface area contributed by atoms with Crippen LogP contribution in [-0.2, 0) is 16.0 Å². The molecule has 132 valence electrons. The molecule has 0 aliphatic carbocycles. The maximum atomic E-state index is 12.6. The van der Waals surface area contributed by atoms with E-state index >= 15 is 0 Å². The lowest BCUT2D eigenvalue weighted by atomic mass is 10.1. The van der Waals surface area contributed by atoms with Gasteiger partial charge in [0.05, 0.1) is 31.8 Å². The second kappa shape index (κ2) is 8.67. The Kier molecular flexibility index (Phi) is 6.07. The molecule has 25 heavy (non-hydrogen) atoms. The van der Waals surface area contributed by atoms with E-state index in [0.29, 0.717) is 26.2 Å². The fraction of sp³-hybridized carbons (Fsp3) is 0.381. The number of amides is 1. The van der Waals surface area contributed by atoms with E-state index in [4.69, 9.17) is 9.47 Å². The first-order chi connectivity index (χ1) is 12.2. The van der Waals surface area contributed by atoms with Crippen molar-refractivity contribution < 1.29 is 14.3 Å². The molecule has 2 unspecified atom stereocenters. The minimum Gasteiger partial charge on any atom is -0.493 e. The molecule has 0 N–H and O–H groups in total. The predicted molar refractivity (Wildman–Crippen MR) is 97.6 cm³/mol. The topological polar surface area (TPSA) is 38.8 Å². The number of benzene rings is 2. The second-order valence-electron chi connectivity index (χ2n) is 6.45. The Morgan fingerprint density at radius 3 is 2.52 bits per heavy atom. The maximum absolute atomic E-state index is 12.6. The summed E-state index contributed by atoms with van der Waals surface area (Å²) in [5, 5.41) is 0. The number of nitrogens with zero attached hydrogens (tertiary/aromatic N) is 1. The van der Waals surface area contributed by atoms with E-state index in [-0.39, 0.29) is 18.1 Å². The van der Waals surface area contributed by atoms with Gasteiger partial charge in [0, 0.05) is 13.0 Å². The fourth-order valence-electron chi connectivity index (χ4n) is 3.08. The second-order valence-corrected chi connectivity index (χ2v) is 6.45. The average Bonchev–Trinajstić information content (AvgIpc) is 2.65. The van der Waals surface area contributed by atoms with Gasteiger partial charge in [-0.1, -0.05) is 48.5 Å². The van der Waals surface area contributed by atoms with Gasteiger partial charge in [-0.15, -0.1) is 0 Å². The molecule has 2 aromatic rings. The van der Waals surface area contributed by atoms with Crippen LogP contribution in [0.5, 0.6) is 5.75 Å². The fourth-order valence-corrected chi connectivity index (χ4v) is 3.08. The number of carbonyl (C=O) groups is 1. The third-order valence-corrected chi connectivity index (χ3v) is 4.46. The van der Waals surface area contributed by atoms with Crippen LogP contribution in [0.2, 0.25) is 0 Å². The zero-order valence-electron chi connectivity index (χ0n) is 14.6. The minimum absolute atomic E-state index is 0.0533. The summed E-state index contributed by atoms with van der Waals surface area (Å²) in [6, 6.07) is 20.0. The van der Waals surface area contributed by atoms with Crippen LogP contribution in [-0.4, -0.2) is 42.7 Å². The first-order valence-electron chi connectivity index (χ1n) is 8.85. The summed E-state index contributed by atoms with van der Waals surface area (Å²) in [6.07, 6.45) is 1.27.